The minimum absolute atomic E-state index is 0.0243. The van der Waals surface area contributed by atoms with Gasteiger partial charge in [-0.05, 0) is 49.2 Å². The van der Waals surface area contributed by atoms with Gasteiger partial charge in [0.25, 0.3) is 0 Å². The molecule has 0 bridgehead atoms. The molecule has 1 heterocycles. The van der Waals surface area contributed by atoms with Gasteiger partial charge in [0.05, 0.1) is 18.7 Å². The summed E-state index contributed by atoms with van der Waals surface area (Å²) in [5.41, 5.74) is 2.53. The van der Waals surface area contributed by atoms with E-state index < -0.39 is 5.97 Å². The number of ether oxygens (including phenoxy) is 1. The fourth-order valence-corrected chi connectivity index (χ4v) is 4.20. The van der Waals surface area contributed by atoms with Crippen molar-refractivity contribution < 1.29 is 14.6 Å². The van der Waals surface area contributed by atoms with Crippen LogP contribution in [0.15, 0.2) is 61.2 Å². The lowest BCUT2D eigenvalue weighted by atomic mass is 9.93. The van der Waals surface area contributed by atoms with Gasteiger partial charge in [0.1, 0.15) is 5.75 Å². The zero-order valence-corrected chi connectivity index (χ0v) is 17.4. The van der Waals surface area contributed by atoms with Gasteiger partial charge >= 0.3 is 5.97 Å². The number of carbonyl (C=O) groups is 1. The van der Waals surface area contributed by atoms with E-state index in [2.05, 4.69) is 42.4 Å². The maximum absolute atomic E-state index is 11.3. The van der Waals surface area contributed by atoms with Gasteiger partial charge in [-0.15, -0.1) is 6.58 Å². The molecule has 0 amide bonds. The second-order valence-electron chi connectivity index (χ2n) is 7.74. The normalized spacial score (nSPS) is 21.5. The van der Waals surface area contributed by atoms with Gasteiger partial charge in [-0.1, -0.05) is 30.3 Å². The zero-order chi connectivity index (χ0) is 21.0. The van der Waals surface area contributed by atoms with E-state index in [1.54, 1.807) is 19.2 Å². The minimum atomic E-state index is -0.908. The highest BCUT2D eigenvalue weighted by atomic mass is 16.5. The highest BCUT2D eigenvalue weighted by Gasteiger charge is 2.34. The Kier molecular flexibility index (Phi) is 6.72. The van der Waals surface area contributed by atoms with Gasteiger partial charge in [-0.25, -0.2) is 4.79 Å². The van der Waals surface area contributed by atoms with Gasteiger partial charge in [-0.2, -0.15) is 0 Å². The molecule has 3 atom stereocenters. The molecule has 2 aromatic carbocycles. The van der Waals surface area contributed by atoms with E-state index in [4.69, 9.17) is 4.74 Å². The molecule has 0 saturated carbocycles. The number of methoxy groups -OCH3 is 1. The molecule has 5 nitrogen and oxygen atoms in total. The molecule has 154 valence electrons. The molecule has 1 saturated heterocycles. The van der Waals surface area contributed by atoms with Crippen LogP contribution < -0.4 is 4.74 Å². The molecule has 2 aromatic rings. The lowest BCUT2D eigenvalue weighted by Crippen LogP contribution is -2.57. The van der Waals surface area contributed by atoms with E-state index in [0.29, 0.717) is 17.6 Å². The van der Waals surface area contributed by atoms with Gasteiger partial charge < -0.3 is 9.84 Å². The van der Waals surface area contributed by atoms with Gasteiger partial charge in [0.2, 0.25) is 0 Å². The van der Waals surface area contributed by atoms with Crippen molar-refractivity contribution in [1.29, 1.82) is 0 Å². The number of hydrogen-bond donors (Lipinski definition) is 1. The molecule has 0 aliphatic carbocycles. The Balaban J connectivity index is 2.00. The standard InChI is InChI=1S/C24H30N2O3/c1-5-13-25-15-18(3)26(16-17(25)2)23(21-7-6-8-22(14-21)29-4)19-9-11-20(12-10-19)24(27)28/h5-12,14,17-18,23H,1,13,15-16H2,2-4H3,(H,27,28)/t17-,18+,23?/m1/s1. The zero-order valence-electron chi connectivity index (χ0n) is 17.4. The van der Waals surface area contributed by atoms with Crippen LogP contribution in [0, 0.1) is 0 Å². The molecule has 29 heavy (non-hydrogen) atoms. The predicted octanol–water partition coefficient (Wildman–Crippen LogP) is 4.06. The van der Waals surface area contributed by atoms with Crippen molar-refractivity contribution in [3.63, 3.8) is 0 Å². The van der Waals surface area contributed by atoms with E-state index in [9.17, 15) is 9.90 Å². The lowest BCUT2D eigenvalue weighted by Gasteiger charge is -2.47. The summed E-state index contributed by atoms with van der Waals surface area (Å²) in [6, 6.07) is 16.1. The van der Waals surface area contributed by atoms with Crippen LogP contribution in [0.25, 0.3) is 0 Å². The maximum Gasteiger partial charge on any atom is 0.335 e. The highest BCUT2D eigenvalue weighted by Crippen LogP contribution is 2.34. The summed E-state index contributed by atoms with van der Waals surface area (Å²) < 4.78 is 5.46. The van der Waals surface area contributed by atoms with E-state index in [1.807, 2.05) is 30.3 Å². The molecule has 0 spiro atoms. The second-order valence-corrected chi connectivity index (χ2v) is 7.74. The van der Waals surface area contributed by atoms with Crippen LogP contribution >= 0.6 is 0 Å². The quantitative estimate of drug-likeness (QED) is 0.718. The number of carboxylic acids is 1. The Morgan fingerprint density at radius 1 is 1.17 bits per heavy atom. The molecule has 5 heteroatoms. The highest BCUT2D eigenvalue weighted by molar-refractivity contribution is 5.87. The molecule has 0 radical (unpaired) electrons. The van der Waals surface area contributed by atoms with Crippen molar-refractivity contribution in [1.82, 2.24) is 9.80 Å². The fourth-order valence-electron chi connectivity index (χ4n) is 4.20. The van der Waals surface area contributed by atoms with E-state index in [1.165, 1.54) is 0 Å². The number of hydrogen-bond acceptors (Lipinski definition) is 4. The van der Waals surface area contributed by atoms with Crippen LogP contribution in [-0.4, -0.2) is 59.7 Å². The minimum Gasteiger partial charge on any atom is -0.497 e. The Bertz CT molecular complexity index is 849. The second kappa shape index (κ2) is 9.25. The number of carboxylic acid groups (broad SMARTS) is 1. The van der Waals surface area contributed by atoms with Crippen molar-refractivity contribution in [3.05, 3.63) is 77.9 Å². The summed E-state index contributed by atoms with van der Waals surface area (Å²) in [6.07, 6.45) is 1.96. The maximum atomic E-state index is 11.3. The fraction of sp³-hybridized carbons (Fsp3) is 0.375. The van der Waals surface area contributed by atoms with Gasteiger partial charge in [0, 0.05) is 31.7 Å². The first-order valence-corrected chi connectivity index (χ1v) is 10.0. The number of nitrogens with zero attached hydrogens (tertiary/aromatic N) is 2. The van der Waals surface area contributed by atoms with Crippen LogP contribution in [0.2, 0.25) is 0 Å². The molecule has 1 unspecified atom stereocenters. The summed E-state index contributed by atoms with van der Waals surface area (Å²) in [7, 11) is 1.68. The Morgan fingerprint density at radius 3 is 2.52 bits per heavy atom. The van der Waals surface area contributed by atoms with E-state index in [-0.39, 0.29) is 6.04 Å². The van der Waals surface area contributed by atoms with Crippen LogP contribution in [0.1, 0.15) is 41.4 Å². The molecule has 1 aliphatic heterocycles. The van der Waals surface area contributed by atoms with Crippen molar-refractivity contribution in [2.45, 2.75) is 32.0 Å². The summed E-state index contributed by atoms with van der Waals surface area (Å²) in [5, 5.41) is 9.26. The molecule has 1 N–H and O–H groups in total. The van der Waals surface area contributed by atoms with Crippen LogP contribution in [0.4, 0.5) is 0 Å². The third-order valence-electron chi connectivity index (χ3n) is 5.74. The van der Waals surface area contributed by atoms with Gasteiger partial charge in [0.15, 0.2) is 0 Å². The summed E-state index contributed by atoms with van der Waals surface area (Å²) in [5.74, 6) is -0.0878. The lowest BCUT2D eigenvalue weighted by molar-refractivity contribution is 0.0306. The first-order chi connectivity index (χ1) is 13.9. The number of benzene rings is 2. The topological polar surface area (TPSA) is 53.0 Å². The number of rotatable bonds is 7. The Labute approximate surface area is 173 Å². The molecular formula is C24H30N2O3. The van der Waals surface area contributed by atoms with E-state index >= 15 is 0 Å². The Morgan fingerprint density at radius 2 is 1.90 bits per heavy atom. The molecule has 1 aliphatic rings. The monoisotopic (exact) mass is 394 g/mol. The van der Waals surface area contributed by atoms with Crippen LogP contribution in [0.3, 0.4) is 0 Å². The molecular weight excluding hydrogens is 364 g/mol. The molecule has 0 aromatic heterocycles. The third-order valence-corrected chi connectivity index (χ3v) is 5.74. The third kappa shape index (κ3) is 4.69. The van der Waals surface area contributed by atoms with Crippen LogP contribution in [-0.2, 0) is 0 Å². The molecule has 1 fully saturated rings. The smallest absolute Gasteiger partial charge is 0.335 e. The van der Waals surface area contributed by atoms with Gasteiger partial charge in [-0.3, -0.25) is 9.80 Å². The molecule has 3 rings (SSSR count). The van der Waals surface area contributed by atoms with Crippen molar-refractivity contribution >= 4 is 5.97 Å². The van der Waals surface area contributed by atoms with Crippen molar-refractivity contribution in [2.75, 3.05) is 26.7 Å². The number of aromatic carboxylic acids is 1. The average molecular weight is 395 g/mol. The van der Waals surface area contributed by atoms with E-state index in [0.717, 1.165) is 36.5 Å². The van der Waals surface area contributed by atoms with Crippen molar-refractivity contribution in [2.24, 2.45) is 0 Å². The van der Waals surface area contributed by atoms with Crippen molar-refractivity contribution in [3.8, 4) is 5.75 Å². The number of piperazine rings is 1. The summed E-state index contributed by atoms with van der Waals surface area (Å²) >= 11 is 0. The summed E-state index contributed by atoms with van der Waals surface area (Å²) in [6.45, 7) is 11.1. The summed E-state index contributed by atoms with van der Waals surface area (Å²) in [4.78, 5) is 16.2. The van der Waals surface area contributed by atoms with Crippen LogP contribution in [0.5, 0.6) is 5.75 Å². The Hall–Kier alpha value is -2.63. The largest absolute Gasteiger partial charge is 0.497 e. The predicted molar refractivity (Wildman–Crippen MR) is 116 cm³/mol. The average Bonchev–Trinajstić information content (AvgIpc) is 2.72. The first-order valence-electron chi connectivity index (χ1n) is 10.0. The first kappa shape index (κ1) is 21.1. The SMILES string of the molecule is C=CCN1C[C@H](C)N(C(c2ccc(C(=O)O)cc2)c2cccc(OC)c2)C[C@H]1C.